The van der Waals surface area contributed by atoms with Gasteiger partial charge < -0.3 is 9.88 Å². The minimum absolute atomic E-state index is 0.486. The normalized spacial score (nSPS) is 10.1. The van der Waals surface area contributed by atoms with Crippen molar-refractivity contribution in [3.05, 3.63) is 60.4 Å². The van der Waals surface area contributed by atoms with Gasteiger partial charge in [-0.2, -0.15) is 10.4 Å². The van der Waals surface area contributed by atoms with Crippen molar-refractivity contribution >= 4 is 11.5 Å². The number of H-pyrrole nitrogens is 1. The van der Waals surface area contributed by atoms with Gasteiger partial charge in [0.25, 0.3) is 0 Å². The predicted octanol–water partition coefficient (Wildman–Crippen LogP) is 2.82. The molecular formula is C14H11N5. The molecule has 0 aliphatic rings. The maximum Gasteiger partial charge on any atom is 0.178 e. The van der Waals surface area contributed by atoms with Crippen molar-refractivity contribution in [3.63, 3.8) is 0 Å². The smallest absolute Gasteiger partial charge is 0.178 e. The monoisotopic (exact) mass is 249 g/mol. The van der Waals surface area contributed by atoms with Crippen LogP contribution in [-0.4, -0.2) is 14.8 Å². The van der Waals surface area contributed by atoms with Crippen LogP contribution >= 0.6 is 0 Å². The summed E-state index contributed by atoms with van der Waals surface area (Å²) in [6, 6.07) is 15.6. The average Bonchev–Trinajstić information content (AvgIpc) is 3.08. The van der Waals surface area contributed by atoms with E-state index in [2.05, 4.69) is 21.6 Å². The van der Waals surface area contributed by atoms with Crippen molar-refractivity contribution in [2.45, 2.75) is 0 Å². The van der Waals surface area contributed by atoms with E-state index in [4.69, 9.17) is 0 Å². The summed E-state index contributed by atoms with van der Waals surface area (Å²) in [5.41, 5.74) is 1.39. The van der Waals surface area contributed by atoms with E-state index in [-0.39, 0.29) is 0 Å². The van der Waals surface area contributed by atoms with E-state index < -0.39 is 0 Å². The van der Waals surface area contributed by atoms with Gasteiger partial charge in [-0.1, -0.05) is 18.2 Å². The molecule has 5 heteroatoms. The Morgan fingerprint density at radius 2 is 1.84 bits per heavy atom. The Morgan fingerprint density at radius 3 is 2.53 bits per heavy atom. The van der Waals surface area contributed by atoms with Crippen LogP contribution in [0, 0.1) is 11.3 Å². The Balaban J connectivity index is 1.98. The molecule has 19 heavy (non-hydrogen) atoms. The van der Waals surface area contributed by atoms with Gasteiger partial charge >= 0.3 is 0 Å². The number of anilines is 2. The second kappa shape index (κ2) is 4.70. The SMILES string of the molecule is N#Cc1c(-n2cccc2)n[nH]c1Nc1ccccc1. The fourth-order valence-corrected chi connectivity index (χ4v) is 1.86. The highest BCUT2D eigenvalue weighted by molar-refractivity contribution is 5.66. The number of nitrogens with one attached hydrogen (secondary N) is 2. The summed E-state index contributed by atoms with van der Waals surface area (Å²) in [6.07, 6.45) is 3.70. The van der Waals surface area contributed by atoms with Crippen molar-refractivity contribution < 1.29 is 0 Å². The van der Waals surface area contributed by atoms with Gasteiger partial charge in [0.1, 0.15) is 17.5 Å². The second-order valence-corrected chi connectivity index (χ2v) is 3.99. The molecule has 0 atom stereocenters. The van der Waals surface area contributed by atoms with E-state index in [9.17, 15) is 5.26 Å². The van der Waals surface area contributed by atoms with Gasteiger partial charge in [0.15, 0.2) is 5.82 Å². The second-order valence-electron chi connectivity index (χ2n) is 3.99. The van der Waals surface area contributed by atoms with E-state index >= 15 is 0 Å². The van der Waals surface area contributed by atoms with Crippen molar-refractivity contribution in [2.75, 3.05) is 5.32 Å². The Kier molecular flexibility index (Phi) is 2.75. The van der Waals surface area contributed by atoms with Crippen LogP contribution in [-0.2, 0) is 0 Å². The standard InChI is InChI=1S/C14H11N5/c15-10-12-13(16-11-6-2-1-3-7-11)17-18-14(12)19-8-4-5-9-19/h1-9H,(H2,16,17,18). The number of rotatable bonds is 3. The Labute approximate surface area is 110 Å². The maximum atomic E-state index is 9.30. The van der Waals surface area contributed by atoms with E-state index in [1.54, 1.807) is 4.57 Å². The molecule has 0 fully saturated rings. The molecule has 2 heterocycles. The molecule has 0 saturated heterocycles. The molecule has 1 aromatic carbocycles. The van der Waals surface area contributed by atoms with Crippen LogP contribution in [0.15, 0.2) is 54.9 Å². The fourth-order valence-electron chi connectivity index (χ4n) is 1.86. The van der Waals surface area contributed by atoms with Crippen molar-refractivity contribution in [3.8, 4) is 11.9 Å². The topological polar surface area (TPSA) is 69.4 Å². The lowest BCUT2D eigenvalue weighted by Crippen LogP contribution is -1.95. The third-order valence-corrected chi connectivity index (χ3v) is 2.75. The number of benzene rings is 1. The molecule has 3 aromatic rings. The molecule has 92 valence electrons. The molecule has 0 spiro atoms. The Bertz CT molecular complexity index is 704. The molecule has 0 saturated carbocycles. The summed E-state index contributed by atoms with van der Waals surface area (Å²) >= 11 is 0. The zero-order valence-corrected chi connectivity index (χ0v) is 10.0. The molecule has 0 amide bonds. The molecule has 0 aliphatic carbocycles. The minimum Gasteiger partial charge on any atom is -0.339 e. The van der Waals surface area contributed by atoms with Crippen LogP contribution in [0.4, 0.5) is 11.5 Å². The predicted molar refractivity (Wildman–Crippen MR) is 72.4 cm³/mol. The third-order valence-electron chi connectivity index (χ3n) is 2.75. The van der Waals surface area contributed by atoms with E-state index in [1.807, 2.05) is 54.9 Å². The Morgan fingerprint density at radius 1 is 1.11 bits per heavy atom. The maximum absolute atomic E-state index is 9.30. The zero-order valence-electron chi connectivity index (χ0n) is 10.0. The fraction of sp³-hybridized carbons (Fsp3) is 0. The van der Waals surface area contributed by atoms with Gasteiger partial charge in [-0.25, -0.2) is 0 Å². The number of nitrogens with zero attached hydrogens (tertiary/aromatic N) is 3. The summed E-state index contributed by atoms with van der Waals surface area (Å²) < 4.78 is 1.80. The lowest BCUT2D eigenvalue weighted by molar-refractivity contribution is 0.964. The number of aromatic amines is 1. The molecule has 0 unspecified atom stereocenters. The van der Waals surface area contributed by atoms with Crippen molar-refractivity contribution in [1.29, 1.82) is 5.26 Å². The molecule has 2 N–H and O–H groups in total. The summed E-state index contributed by atoms with van der Waals surface area (Å²) in [4.78, 5) is 0. The van der Waals surface area contributed by atoms with Crippen LogP contribution in [0.25, 0.3) is 5.82 Å². The zero-order chi connectivity index (χ0) is 13.1. The molecule has 0 radical (unpaired) electrons. The molecule has 0 bridgehead atoms. The number of aromatic nitrogens is 3. The highest BCUT2D eigenvalue weighted by Crippen LogP contribution is 2.22. The largest absolute Gasteiger partial charge is 0.339 e. The van der Waals surface area contributed by atoms with Gasteiger partial charge in [0, 0.05) is 18.1 Å². The van der Waals surface area contributed by atoms with Crippen LogP contribution in [0.5, 0.6) is 0 Å². The first-order valence-electron chi connectivity index (χ1n) is 5.82. The number of para-hydroxylation sites is 1. The highest BCUT2D eigenvalue weighted by Gasteiger charge is 2.13. The summed E-state index contributed by atoms with van der Waals surface area (Å²) in [5, 5.41) is 19.5. The van der Waals surface area contributed by atoms with Crippen molar-refractivity contribution in [2.24, 2.45) is 0 Å². The lowest BCUT2D eigenvalue weighted by atomic mass is 10.3. The van der Waals surface area contributed by atoms with Crippen LogP contribution < -0.4 is 5.32 Å². The van der Waals surface area contributed by atoms with Gasteiger partial charge in [-0.15, -0.1) is 0 Å². The molecule has 2 aromatic heterocycles. The first-order chi connectivity index (χ1) is 9.38. The Hall–Kier alpha value is -3.00. The quantitative estimate of drug-likeness (QED) is 0.749. The van der Waals surface area contributed by atoms with Crippen LogP contribution in [0.1, 0.15) is 5.56 Å². The van der Waals surface area contributed by atoms with Gasteiger partial charge in [-0.05, 0) is 24.3 Å². The molecule has 0 aliphatic heterocycles. The number of hydrogen-bond acceptors (Lipinski definition) is 3. The number of nitriles is 1. The number of hydrogen-bond donors (Lipinski definition) is 2. The molecular weight excluding hydrogens is 238 g/mol. The van der Waals surface area contributed by atoms with Crippen LogP contribution in [0.2, 0.25) is 0 Å². The first kappa shape index (κ1) is 11.1. The minimum atomic E-state index is 0.486. The summed E-state index contributed by atoms with van der Waals surface area (Å²) in [7, 11) is 0. The van der Waals surface area contributed by atoms with Gasteiger partial charge in [0.2, 0.25) is 0 Å². The molecule has 3 rings (SSSR count). The van der Waals surface area contributed by atoms with E-state index in [0.29, 0.717) is 17.2 Å². The van der Waals surface area contributed by atoms with Gasteiger partial charge in [0.05, 0.1) is 0 Å². The van der Waals surface area contributed by atoms with E-state index in [1.165, 1.54) is 0 Å². The lowest BCUT2D eigenvalue weighted by Gasteiger charge is -2.03. The third kappa shape index (κ3) is 2.07. The average molecular weight is 249 g/mol. The first-order valence-corrected chi connectivity index (χ1v) is 5.82. The summed E-state index contributed by atoms with van der Waals surface area (Å²) in [6.45, 7) is 0. The highest BCUT2D eigenvalue weighted by atomic mass is 15.3. The van der Waals surface area contributed by atoms with E-state index in [0.717, 1.165) is 5.69 Å². The molecule has 5 nitrogen and oxygen atoms in total. The summed E-state index contributed by atoms with van der Waals surface area (Å²) in [5.74, 6) is 1.18. The van der Waals surface area contributed by atoms with Gasteiger partial charge in [-0.3, -0.25) is 5.10 Å². The van der Waals surface area contributed by atoms with Crippen molar-refractivity contribution in [1.82, 2.24) is 14.8 Å². The van der Waals surface area contributed by atoms with Crippen LogP contribution in [0.3, 0.4) is 0 Å².